The predicted octanol–water partition coefficient (Wildman–Crippen LogP) is 3.52. The van der Waals surface area contributed by atoms with Gasteiger partial charge in [-0.1, -0.05) is 30.3 Å². The largest absolute Gasteiger partial charge is 0.462 e. The summed E-state index contributed by atoms with van der Waals surface area (Å²) < 4.78 is 35.9. The second kappa shape index (κ2) is 7.45. The summed E-state index contributed by atoms with van der Waals surface area (Å²) in [6.07, 6.45) is 3.45. The lowest BCUT2D eigenvalue weighted by Crippen LogP contribution is -2.17. The molecule has 9 heteroatoms. The highest BCUT2D eigenvalue weighted by Gasteiger charge is 2.26. The van der Waals surface area contributed by atoms with Crippen LogP contribution in [0, 0.1) is 0 Å². The van der Waals surface area contributed by atoms with E-state index in [0.717, 1.165) is 16.7 Å². The number of aryl methyl sites for hydroxylation is 1. The topological polar surface area (TPSA) is 103 Å². The molecule has 8 nitrogen and oxygen atoms in total. The van der Waals surface area contributed by atoms with E-state index < -0.39 is 16.0 Å². The third-order valence-corrected chi connectivity index (χ3v) is 6.92. The number of esters is 1. The summed E-state index contributed by atoms with van der Waals surface area (Å²) >= 11 is 0. The van der Waals surface area contributed by atoms with Crippen molar-refractivity contribution < 1.29 is 17.9 Å². The summed E-state index contributed by atoms with van der Waals surface area (Å²) in [7, 11) is -2.31. The normalized spacial score (nSPS) is 12.4. The number of carbonyl (C=O) groups is 1. The van der Waals surface area contributed by atoms with E-state index in [4.69, 9.17) is 4.74 Å². The van der Waals surface area contributed by atoms with Gasteiger partial charge in [-0.2, -0.15) is 5.10 Å². The molecule has 0 aliphatic heterocycles. The molecule has 32 heavy (non-hydrogen) atoms. The molecule has 0 unspecified atom stereocenters. The highest BCUT2D eigenvalue weighted by atomic mass is 32.2. The van der Waals surface area contributed by atoms with Gasteiger partial charge in [0.1, 0.15) is 5.56 Å². The van der Waals surface area contributed by atoms with Crippen LogP contribution < -0.4 is 4.72 Å². The summed E-state index contributed by atoms with van der Waals surface area (Å²) in [5.41, 5.74) is 4.84. The lowest BCUT2D eigenvalue weighted by molar-refractivity contribution is 0.0527. The molecule has 5 rings (SSSR count). The number of pyridine rings is 1. The third kappa shape index (κ3) is 3.21. The predicted molar refractivity (Wildman–Crippen MR) is 120 cm³/mol. The summed E-state index contributed by atoms with van der Waals surface area (Å²) in [5, 5.41) is 4.56. The Morgan fingerprint density at radius 1 is 1.12 bits per heavy atom. The van der Waals surface area contributed by atoms with E-state index in [-0.39, 0.29) is 22.8 Å². The molecular weight excluding hydrogens is 428 g/mol. The average Bonchev–Trinajstić information content (AvgIpc) is 3.34. The van der Waals surface area contributed by atoms with Gasteiger partial charge in [-0.3, -0.25) is 9.40 Å². The fourth-order valence-electron chi connectivity index (χ4n) is 4.05. The van der Waals surface area contributed by atoms with E-state index >= 15 is 0 Å². The Balaban J connectivity index is 1.57. The molecule has 0 bridgehead atoms. The molecule has 1 aliphatic rings. The van der Waals surface area contributed by atoms with Gasteiger partial charge in [-0.05, 0) is 47.7 Å². The molecule has 0 saturated heterocycles. The van der Waals surface area contributed by atoms with Crippen molar-refractivity contribution in [1.29, 1.82) is 0 Å². The van der Waals surface area contributed by atoms with E-state index in [1.54, 1.807) is 26.1 Å². The number of hydrogen-bond donors (Lipinski definition) is 1. The molecule has 0 spiro atoms. The monoisotopic (exact) mass is 448 g/mol. The molecule has 2 aromatic carbocycles. The molecule has 162 valence electrons. The minimum absolute atomic E-state index is 0.0319. The summed E-state index contributed by atoms with van der Waals surface area (Å²) in [4.78, 5) is 16.9. The third-order valence-electron chi connectivity index (χ3n) is 5.57. The maximum Gasteiger partial charge on any atom is 0.341 e. The summed E-state index contributed by atoms with van der Waals surface area (Å²) in [5.74, 6) is -0.659. The van der Waals surface area contributed by atoms with Crippen molar-refractivity contribution in [2.24, 2.45) is 7.05 Å². The molecular formula is C23H20N4O4S. The first-order valence-corrected chi connectivity index (χ1v) is 11.6. The van der Waals surface area contributed by atoms with Crippen LogP contribution in [0.25, 0.3) is 22.2 Å². The van der Waals surface area contributed by atoms with Crippen molar-refractivity contribution in [1.82, 2.24) is 14.8 Å². The van der Waals surface area contributed by atoms with E-state index in [0.29, 0.717) is 17.5 Å². The van der Waals surface area contributed by atoms with Gasteiger partial charge in [0.25, 0.3) is 10.0 Å². The lowest BCUT2D eigenvalue weighted by Gasteiger charge is -2.14. The number of sulfonamides is 1. The van der Waals surface area contributed by atoms with Crippen LogP contribution in [0.2, 0.25) is 0 Å². The molecule has 0 atom stereocenters. The van der Waals surface area contributed by atoms with Gasteiger partial charge in [-0.15, -0.1) is 0 Å². The number of hydrogen-bond acceptors (Lipinski definition) is 6. The quantitative estimate of drug-likeness (QED) is 0.413. The van der Waals surface area contributed by atoms with Crippen LogP contribution in [-0.2, 0) is 28.2 Å². The minimum atomic E-state index is -4.00. The van der Waals surface area contributed by atoms with Crippen LogP contribution in [0.5, 0.6) is 0 Å². The maximum absolute atomic E-state index is 13.3. The smallest absolute Gasteiger partial charge is 0.341 e. The number of carbonyl (C=O) groups excluding carboxylic acids is 1. The van der Waals surface area contributed by atoms with Crippen molar-refractivity contribution in [2.75, 3.05) is 11.3 Å². The van der Waals surface area contributed by atoms with Crippen LogP contribution >= 0.6 is 0 Å². The number of rotatable bonds is 5. The Labute approximate surface area is 184 Å². The summed E-state index contributed by atoms with van der Waals surface area (Å²) in [6, 6.07) is 13.1. The van der Waals surface area contributed by atoms with Gasteiger partial charge in [0, 0.05) is 13.2 Å². The zero-order valence-electron chi connectivity index (χ0n) is 17.5. The first kappa shape index (κ1) is 20.2. The van der Waals surface area contributed by atoms with Gasteiger partial charge < -0.3 is 4.74 Å². The molecule has 2 aromatic heterocycles. The minimum Gasteiger partial charge on any atom is -0.462 e. The number of fused-ring (bicyclic) bond motifs is 4. The molecule has 1 aliphatic carbocycles. The highest BCUT2D eigenvalue weighted by molar-refractivity contribution is 7.92. The zero-order chi connectivity index (χ0) is 22.5. The molecule has 2 heterocycles. The number of nitrogens with zero attached hydrogens (tertiary/aromatic N) is 3. The van der Waals surface area contributed by atoms with Crippen molar-refractivity contribution in [3.63, 3.8) is 0 Å². The standard InChI is InChI=1S/C23H20N4O4S/c1-3-31-23(28)20-12-24-22-19(13-25-27(22)2)21(20)26-32(29,30)16-8-9-18-15(11-16)10-14-6-4-5-7-17(14)18/h4-9,11-13H,3,10H2,1-2H3,(H,24,26). The fraction of sp³-hybridized carbons (Fsp3) is 0.174. The van der Waals surface area contributed by atoms with Crippen molar-refractivity contribution in [3.8, 4) is 11.1 Å². The van der Waals surface area contributed by atoms with E-state index in [1.165, 1.54) is 22.6 Å². The molecule has 0 radical (unpaired) electrons. The number of aromatic nitrogens is 3. The Morgan fingerprint density at radius 3 is 2.72 bits per heavy atom. The van der Waals surface area contributed by atoms with Gasteiger partial charge in [0.2, 0.25) is 0 Å². The second-order valence-corrected chi connectivity index (χ2v) is 9.21. The van der Waals surface area contributed by atoms with Crippen LogP contribution in [0.15, 0.2) is 59.8 Å². The molecule has 4 aromatic rings. The molecule has 0 amide bonds. The zero-order valence-corrected chi connectivity index (χ0v) is 18.3. The first-order valence-electron chi connectivity index (χ1n) is 10.1. The number of benzene rings is 2. The van der Waals surface area contributed by atoms with Crippen molar-refractivity contribution in [2.45, 2.75) is 18.2 Å². The van der Waals surface area contributed by atoms with E-state index in [2.05, 4.69) is 14.8 Å². The Kier molecular flexibility index (Phi) is 4.70. The fourth-order valence-corrected chi connectivity index (χ4v) is 5.20. The molecule has 1 N–H and O–H groups in total. The number of ether oxygens (including phenoxy) is 1. The van der Waals surface area contributed by atoms with E-state index in [1.807, 2.05) is 30.3 Å². The number of anilines is 1. The lowest BCUT2D eigenvalue weighted by atomic mass is 10.1. The molecule has 0 fully saturated rings. The van der Waals surface area contributed by atoms with Gasteiger partial charge >= 0.3 is 5.97 Å². The maximum atomic E-state index is 13.3. The van der Waals surface area contributed by atoms with Gasteiger partial charge in [0.15, 0.2) is 5.65 Å². The molecule has 0 saturated carbocycles. The van der Waals surface area contributed by atoms with Crippen LogP contribution in [-0.4, -0.2) is 35.8 Å². The van der Waals surface area contributed by atoms with Gasteiger partial charge in [0.05, 0.1) is 28.8 Å². The van der Waals surface area contributed by atoms with Crippen molar-refractivity contribution in [3.05, 3.63) is 71.5 Å². The Hall–Kier alpha value is -3.72. The first-order chi connectivity index (χ1) is 15.4. The highest BCUT2D eigenvalue weighted by Crippen LogP contribution is 2.38. The van der Waals surface area contributed by atoms with Crippen LogP contribution in [0.4, 0.5) is 5.69 Å². The number of nitrogens with one attached hydrogen (secondary N) is 1. The summed E-state index contributed by atoms with van der Waals surface area (Å²) in [6.45, 7) is 1.84. The van der Waals surface area contributed by atoms with Crippen molar-refractivity contribution >= 4 is 32.7 Å². The second-order valence-electron chi connectivity index (χ2n) is 7.53. The van der Waals surface area contributed by atoms with Crippen LogP contribution in [0.1, 0.15) is 28.4 Å². The van der Waals surface area contributed by atoms with E-state index in [9.17, 15) is 13.2 Å². The Morgan fingerprint density at radius 2 is 1.91 bits per heavy atom. The Bertz CT molecular complexity index is 1490. The van der Waals surface area contributed by atoms with Gasteiger partial charge in [-0.25, -0.2) is 18.2 Å². The SMILES string of the molecule is CCOC(=O)c1cnc2c(cnn2C)c1NS(=O)(=O)c1ccc2c(c1)Cc1ccccc1-2. The van der Waals surface area contributed by atoms with Crippen LogP contribution in [0.3, 0.4) is 0 Å². The average molecular weight is 449 g/mol.